The summed E-state index contributed by atoms with van der Waals surface area (Å²) in [7, 11) is 0. The molecule has 0 saturated heterocycles. The molecule has 0 saturated carbocycles. The molecule has 0 fully saturated rings. The van der Waals surface area contributed by atoms with E-state index in [1.54, 1.807) is 11.4 Å². The number of thiophene rings is 1. The van der Waals surface area contributed by atoms with Gasteiger partial charge in [0.1, 0.15) is 16.8 Å². The molecule has 1 N–H and O–H groups in total. The molecule has 1 aromatic heterocycles. The smallest absolute Gasteiger partial charge is 0.344 e. The van der Waals surface area contributed by atoms with Crippen molar-refractivity contribution >= 4 is 33.9 Å². The van der Waals surface area contributed by atoms with Crippen LogP contribution >= 0.6 is 11.3 Å². The summed E-state index contributed by atoms with van der Waals surface area (Å²) in [5.74, 6) is -1.10. The highest BCUT2D eigenvalue weighted by molar-refractivity contribution is 7.14. The number of carbonyl (C=O) groups is 2. The minimum atomic E-state index is -1.09. The third-order valence-corrected chi connectivity index (χ3v) is 3.93. The molecule has 1 amide bonds. The van der Waals surface area contributed by atoms with Crippen LogP contribution in [0, 0.1) is 21.4 Å². The van der Waals surface area contributed by atoms with Gasteiger partial charge in [0.05, 0.1) is 10.5 Å². The fourth-order valence-electron chi connectivity index (χ4n) is 1.80. The standard InChI is InChI=1S/C16H13N3O6S/c1-10(15(21)18-16-11(8-17)6-7-26-16)25-14(20)9-24-13-4-2-12(3-5-13)19(22)23/h2-7,10H,9H2,1H3,(H,18,21)/t10-/m1/s1. The number of benzene rings is 1. The second-order valence-electron chi connectivity index (χ2n) is 4.94. The highest BCUT2D eigenvalue weighted by atomic mass is 32.1. The van der Waals surface area contributed by atoms with Gasteiger partial charge in [-0.1, -0.05) is 0 Å². The third-order valence-electron chi connectivity index (χ3n) is 3.10. The van der Waals surface area contributed by atoms with Crippen molar-refractivity contribution in [3.05, 3.63) is 51.4 Å². The van der Waals surface area contributed by atoms with Gasteiger partial charge in [0.15, 0.2) is 12.7 Å². The monoisotopic (exact) mass is 375 g/mol. The molecule has 0 unspecified atom stereocenters. The first-order valence-electron chi connectivity index (χ1n) is 7.26. The summed E-state index contributed by atoms with van der Waals surface area (Å²) < 4.78 is 10.1. The van der Waals surface area contributed by atoms with E-state index < -0.39 is 29.5 Å². The van der Waals surface area contributed by atoms with Gasteiger partial charge in [0.2, 0.25) is 0 Å². The molecule has 2 aromatic rings. The zero-order valence-corrected chi connectivity index (χ0v) is 14.3. The summed E-state index contributed by atoms with van der Waals surface area (Å²) in [5, 5.41) is 24.0. The Morgan fingerprint density at radius 2 is 2.04 bits per heavy atom. The largest absolute Gasteiger partial charge is 0.482 e. The maximum atomic E-state index is 12.0. The van der Waals surface area contributed by atoms with E-state index >= 15 is 0 Å². The highest BCUT2D eigenvalue weighted by Gasteiger charge is 2.20. The molecule has 26 heavy (non-hydrogen) atoms. The predicted molar refractivity (Wildman–Crippen MR) is 91.8 cm³/mol. The molecule has 0 aliphatic carbocycles. The first-order valence-corrected chi connectivity index (χ1v) is 8.14. The summed E-state index contributed by atoms with van der Waals surface area (Å²) in [6.45, 7) is 0.927. The Kier molecular flexibility index (Phi) is 6.24. The molecule has 9 nitrogen and oxygen atoms in total. The lowest BCUT2D eigenvalue weighted by molar-refractivity contribution is -0.384. The molecule has 1 aromatic carbocycles. The Bertz CT molecular complexity index is 856. The van der Waals surface area contributed by atoms with Crippen LogP contribution in [-0.4, -0.2) is 29.5 Å². The van der Waals surface area contributed by atoms with Crippen LogP contribution in [0.4, 0.5) is 10.7 Å². The molecular weight excluding hydrogens is 362 g/mol. The van der Waals surface area contributed by atoms with E-state index in [0.29, 0.717) is 10.6 Å². The Balaban J connectivity index is 1.82. The average Bonchev–Trinajstić information content (AvgIpc) is 3.07. The predicted octanol–water partition coefficient (Wildman–Crippen LogP) is 2.48. The number of hydrogen-bond acceptors (Lipinski definition) is 8. The lowest BCUT2D eigenvalue weighted by atomic mass is 10.3. The maximum Gasteiger partial charge on any atom is 0.344 e. The number of carbonyl (C=O) groups excluding carboxylic acids is 2. The number of nitro benzene ring substituents is 1. The van der Waals surface area contributed by atoms with Crippen molar-refractivity contribution < 1.29 is 24.0 Å². The number of hydrogen-bond donors (Lipinski definition) is 1. The van der Waals surface area contributed by atoms with Gasteiger partial charge in [0, 0.05) is 12.1 Å². The lowest BCUT2D eigenvalue weighted by Crippen LogP contribution is -2.31. The van der Waals surface area contributed by atoms with Crippen molar-refractivity contribution in [3.8, 4) is 11.8 Å². The second kappa shape index (κ2) is 8.59. The lowest BCUT2D eigenvalue weighted by Gasteiger charge is -2.13. The van der Waals surface area contributed by atoms with Gasteiger partial charge in [-0.25, -0.2) is 4.79 Å². The topological polar surface area (TPSA) is 132 Å². The number of non-ortho nitro benzene ring substituents is 1. The number of nitriles is 1. The van der Waals surface area contributed by atoms with E-state index in [-0.39, 0.29) is 11.4 Å². The first-order chi connectivity index (χ1) is 12.4. The summed E-state index contributed by atoms with van der Waals surface area (Å²) in [6, 6.07) is 8.68. The average molecular weight is 375 g/mol. The van der Waals surface area contributed by atoms with Crippen molar-refractivity contribution in [2.24, 2.45) is 0 Å². The fraction of sp³-hybridized carbons (Fsp3) is 0.188. The minimum absolute atomic E-state index is 0.101. The van der Waals surface area contributed by atoms with Crippen molar-refractivity contribution in [1.29, 1.82) is 5.26 Å². The van der Waals surface area contributed by atoms with Crippen molar-refractivity contribution in [3.63, 3.8) is 0 Å². The number of amides is 1. The second-order valence-corrected chi connectivity index (χ2v) is 5.85. The van der Waals surface area contributed by atoms with Gasteiger partial charge in [-0.15, -0.1) is 11.3 Å². The van der Waals surface area contributed by atoms with E-state index in [9.17, 15) is 19.7 Å². The van der Waals surface area contributed by atoms with Crippen LogP contribution in [0.2, 0.25) is 0 Å². The van der Waals surface area contributed by atoms with Crippen molar-refractivity contribution in [1.82, 2.24) is 0 Å². The molecule has 0 bridgehead atoms. The summed E-state index contributed by atoms with van der Waals surface area (Å²) in [6.07, 6.45) is -1.09. The molecule has 2 rings (SSSR count). The zero-order valence-electron chi connectivity index (χ0n) is 13.5. The van der Waals surface area contributed by atoms with E-state index in [0.717, 1.165) is 0 Å². The van der Waals surface area contributed by atoms with Gasteiger partial charge in [-0.2, -0.15) is 5.26 Å². The van der Waals surface area contributed by atoms with Gasteiger partial charge in [-0.3, -0.25) is 14.9 Å². The summed E-state index contributed by atoms with van der Waals surface area (Å²) in [4.78, 5) is 33.7. The van der Waals surface area contributed by atoms with Crippen molar-refractivity contribution in [2.75, 3.05) is 11.9 Å². The number of nitro groups is 1. The van der Waals surface area contributed by atoms with Crippen LogP contribution in [0.1, 0.15) is 12.5 Å². The van der Waals surface area contributed by atoms with E-state index in [1.165, 1.54) is 42.5 Å². The van der Waals surface area contributed by atoms with Crippen LogP contribution < -0.4 is 10.1 Å². The third kappa shape index (κ3) is 5.02. The van der Waals surface area contributed by atoms with Crippen LogP contribution in [-0.2, 0) is 14.3 Å². The number of ether oxygens (including phenoxy) is 2. The van der Waals surface area contributed by atoms with Gasteiger partial charge >= 0.3 is 5.97 Å². The summed E-state index contributed by atoms with van der Waals surface area (Å²) in [5.41, 5.74) is 0.221. The molecule has 0 radical (unpaired) electrons. The van der Waals surface area contributed by atoms with Crippen LogP contribution in [0.5, 0.6) is 5.75 Å². The minimum Gasteiger partial charge on any atom is -0.482 e. The quantitative estimate of drug-likeness (QED) is 0.446. The van der Waals surface area contributed by atoms with Crippen molar-refractivity contribution in [2.45, 2.75) is 13.0 Å². The van der Waals surface area contributed by atoms with Crippen LogP contribution in [0.3, 0.4) is 0 Å². The first kappa shape index (κ1) is 18.9. The Morgan fingerprint density at radius 3 is 2.65 bits per heavy atom. The number of nitrogens with zero attached hydrogens (tertiary/aromatic N) is 2. The van der Waals surface area contributed by atoms with Gasteiger partial charge < -0.3 is 14.8 Å². The van der Waals surface area contributed by atoms with E-state index in [2.05, 4.69) is 5.32 Å². The molecule has 134 valence electrons. The number of anilines is 1. The van der Waals surface area contributed by atoms with E-state index in [1.807, 2.05) is 6.07 Å². The SMILES string of the molecule is C[C@@H](OC(=O)COc1ccc([N+](=O)[O-])cc1)C(=O)Nc1sccc1C#N. The normalized spacial score (nSPS) is 11.1. The Labute approximate surface area is 151 Å². The maximum absolute atomic E-state index is 12.0. The highest BCUT2D eigenvalue weighted by Crippen LogP contribution is 2.22. The zero-order chi connectivity index (χ0) is 19.1. The molecule has 0 spiro atoms. The fourth-order valence-corrected chi connectivity index (χ4v) is 2.54. The van der Waals surface area contributed by atoms with Gasteiger partial charge in [-0.05, 0) is 30.5 Å². The molecule has 1 heterocycles. The Morgan fingerprint density at radius 1 is 1.35 bits per heavy atom. The van der Waals surface area contributed by atoms with Gasteiger partial charge in [0.25, 0.3) is 11.6 Å². The Hall–Kier alpha value is -3.45. The van der Waals surface area contributed by atoms with Crippen LogP contribution in [0.15, 0.2) is 35.7 Å². The molecule has 1 atom stereocenters. The number of rotatable bonds is 7. The van der Waals surface area contributed by atoms with E-state index in [4.69, 9.17) is 14.7 Å². The molecule has 0 aliphatic heterocycles. The molecule has 10 heteroatoms. The number of nitrogens with one attached hydrogen (secondary N) is 1. The summed E-state index contributed by atoms with van der Waals surface area (Å²) >= 11 is 1.18. The molecular formula is C16H13N3O6S. The molecule has 0 aliphatic rings. The number of esters is 1. The van der Waals surface area contributed by atoms with Crippen LogP contribution in [0.25, 0.3) is 0 Å².